The number of hydrogen-bond acceptors (Lipinski definition) is 4. The molecule has 0 atom stereocenters. The third-order valence-corrected chi connectivity index (χ3v) is 6.07. The first-order chi connectivity index (χ1) is 15.7. The van der Waals surface area contributed by atoms with Crippen molar-refractivity contribution < 1.29 is 9.59 Å². The standard InChI is InChI=1S/C24H24N6O2/c31-23(25-13-17-14-26-27-15-17)21-16-28-30-11-8-20(12-22(21)30)18-6-9-29(10-7-18)24(32)19-4-2-1-3-5-19/h1-5,8,11-12,14-16,18H,6-7,9-10,13H2,(H,25,31)(H,26,27). The third-order valence-electron chi connectivity index (χ3n) is 6.07. The van der Waals surface area contributed by atoms with Crippen LogP contribution in [0.25, 0.3) is 5.52 Å². The van der Waals surface area contributed by atoms with E-state index in [0.717, 1.165) is 42.6 Å². The van der Waals surface area contributed by atoms with Gasteiger partial charge in [0.25, 0.3) is 11.8 Å². The van der Waals surface area contributed by atoms with Gasteiger partial charge in [-0.05, 0) is 48.6 Å². The second-order valence-corrected chi connectivity index (χ2v) is 8.07. The van der Waals surface area contributed by atoms with Gasteiger partial charge in [0.1, 0.15) is 0 Å². The average Bonchev–Trinajstić information content (AvgIpc) is 3.52. The van der Waals surface area contributed by atoms with Crippen molar-refractivity contribution in [3.63, 3.8) is 0 Å². The molecule has 4 aromatic rings. The molecular formula is C24H24N6O2. The van der Waals surface area contributed by atoms with Crippen LogP contribution < -0.4 is 5.32 Å². The Morgan fingerprint density at radius 1 is 1.09 bits per heavy atom. The van der Waals surface area contributed by atoms with Crippen LogP contribution in [0.1, 0.15) is 50.6 Å². The Kier molecular flexibility index (Phi) is 5.41. The van der Waals surface area contributed by atoms with Gasteiger partial charge in [0, 0.05) is 43.2 Å². The highest BCUT2D eigenvalue weighted by Crippen LogP contribution is 2.30. The van der Waals surface area contributed by atoms with Gasteiger partial charge < -0.3 is 10.2 Å². The molecule has 2 amide bonds. The van der Waals surface area contributed by atoms with Gasteiger partial charge >= 0.3 is 0 Å². The summed E-state index contributed by atoms with van der Waals surface area (Å²) in [5.74, 6) is 0.269. The number of aromatic amines is 1. The minimum Gasteiger partial charge on any atom is -0.348 e. The lowest BCUT2D eigenvalue weighted by Crippen LogP contribution is -2.37. The Balaban J connectivity index is 1.27. The monoisotopic (exact) mass is 428 g/mol. The van der Waals surface area contributed by atoms with Crippen molar-refractivity contribution in [3.8, 4) is 0 Å². The topological polar surface area (TPSA) is 95.4 Å². The number of amides is 2. The van der Waals surface area contributed by atoms with Crippen LogP contribution in [0, 0.1) is 0 Å². The van der Waals surface area contributed by atoms with Gasteiger partial charge in [0.15, 0.2) is 0 Å². The van der Waals surface area contributed by atoms with Gasteiger partial charge in [-0.3, -0.25) is 14.7 Å². The molecule has 5 rings (SSSR count). The Bertz CT molecular complexity index is 1220. The Morgan fingerprint density at radius 3 is 2.66 bits per heavy atom. The minimum atomic E-state index is -0.165. The number of fused-ring (bicyclic) bond motifs is 1. The number of carbonyl (C=O) groups excluding carboxylic acids is 2. The largest absolute Gasteiger partial charge is 0.348 e. The molecule has 4 heterocycles. The van der Waals surface area contributed by atoms with Gasteiger partial charge in [0.05, 0.1) is 23.5 Å². The average molecular weight is 428 g/mol. The highest BCUT2D eigenvalue weighted by atomic mass is 16.2. The number of nitrogens with one attached hydrogen (secondary N) is 2. The van der Waals surface area contributed by atoms with Crippen LogP contribution in [0.5, 0.6) is 0 Å². The van der Waals surface area contributed by atoms with Gasteiger partial charge in [-0.25, -0.2) is 4.52 Å². The van der Waals surface area contributed by atoms with Crippen LogP contribution in [0.3, 0.4) is 0 Å². The minimum absolute atomic E-state index is 0.0897. The van der Waals surface area contributed by atoms with Gasteiger partial charge in [-0.1, -0.05) is 18.2 Å². The number of rotatable bonds is 5. The molecule has 3 aromatic heterocycles. The summed E-state index contributed by atoms with van der Waals surface area (Å²) < 4.78 is 1.73. The lowest BCUT2D eigenvalue weighted by Gasteiger charge is -2.32. The van der Waals surface area contributed by atoms with Crippen molar-refractivity contribution in [1.82, 2.24) is 30.0 Å². The Labute approximate surface area is 185 Å². The molecule has 8 nitrogen and oxygen atoms in total. The van der Waals surface area contributed by atoms with E-state index in [1.54, 1.807) is 23.1 Å². The maximum atomic E-state index is 12.7. The van der Waals surface area contributed by atoms with E-state index in [4.69, 9.17) is 0 Å². The molecule has 1 aromatic carbocycles. The lowest BCUT2D eigenvalue weighted by molar-refractivity contribution is 0.0712. The summed E-state index contributed by atoms with van der Waals surface area (Å²) in [6, 6.07) is 13.5. The molecule has 0 aliphatic carbocycles. The molecule has 8 heteroatoms. The number of piperidine rings is 1. The van der Waals surface area contributed by atoms with E-state index in [-0.39, 0.29) is 11.8 Å². The van der Waals surface area contributed by atoms with Gasteiger partial charge in [-0.15, -0.1) is 0 Å². The predicted molar refractivity (Wildman–Crippen MR) is 119 cm³/mol. The van der Waals surface area contributed by atoms with E-state index in [9.17, 15) is 9.59 Å². The van der Waals surface area contributed by atoms with Gasteiger partial charge in [0.2, 0.25) is 0 Å². The summed E-state index contributed by atoms with van der Waals surface area (Å²) in [6.45, 7) is 1.85. The molecule has 162 valence electrons. The predicted octanol–water partition coefficient (Wildman–Crippen LogP) is 3.01. The number of pyridine rings is 1. The van der Waals surface area contributed by atoms with E-state index >= 15 is 0 Å². The quantitative estimate of drug-likeness (QED) is 0.511. The lowest BCUT2D eigenvalue weighted by atomic mass is 9.89. The second-order valence-electron chi connectivity index (χ2n) is 8.07. The van der Waals surface area contributed by atoms with Crippen molar-refractivity contribution >= 4 is 17.3 Å². The Morgan fingerprint density at radius 2 is 1.91 bits per heavy atom. The highest BCUT2D eigenvalue weighted by Gasteiger charge is 2.25. The molecule has 32 heavy (non-hydrogen) atoms. The normalized spacial score (nSPS) is 14.6. The summed E-state index contributed by atoms with van der Waals surface area (Å²) in [4.78, 5) is 27.4. The van der Waals surface area contributed by atoms with E-state index < -0.39 is 0 Å². The molecule has 1 fully saturated rings. The molecule has 2 N–H and O–H groups in total. The fourth-order valence-electron chi connectivity index (χ4n) is 4.26. The fourth-order valence-corrected chi connectivity index (χ4v) is 4.26. The number of H-pyrrole nitrogens is 1. The molecule has 1 saturated heterocycles. The molecule has 1 aliphatic rings. The third kappa shape index (κ3) is 3.99. The zero-order valence-electron chi connectivity index (χ0n) is 17.6. The van der Waals surface area contributed by atoms with E-state index in [1.165, 1.54) is 5.56 Å². The maximum Gasteiger partial charge on any atom is 0.255 e. The molecule has 0 spiro atoms. The first-order valence-corrected chi connectivity index (χ1v) is 10.8. The van der Waals surface area contributed by atoms with E-state index in [0.29, 0.717) is 18.0 Å². The fraction of sp³-hybridized carbons (Fsp3) is 0.250. The molecule has 0 radical (unpaired) electrons. The zero-order valence-corrected chi connectivity index (χ0v) is 17.6. The smallest absolute Gasteiger partial charge is 0.255 e. The van der Waals surface area contributed by atoms with Crippen molar-refractivity contribution in [1.29, 1.82) is 0 Å². The molecule has 0 bridgehead atoms. The van der Waals surface area contributed by atoms with Crippen molar-refractivity contribution in [3.05, 3.63) is 89.5 Å². The summed E-state index contributed by atoms with van der Waals surface area (Å²) in [5, 5.41) is 13.9. The summed E-state index contributed by atoms with van der Waals surface area (Å²) >= 11 is 0. The summed E-state index contributed by atoms with van der Waals surface area (Å²) in [5.41, 5.74) is 4.15. The zero-order chi connectivity index (χ0) is 21.9. The number of aromatic nitrogens is 4. The van der Waals surface area contributed by atoms with Crippen LogP contribution in [0.4, 0.5) is 0 Å². The van der Waals surface area contributed by atoms with Gasteiger partial charge in [-0.2, -0.15) is 10.2 Å². The number of likely N-dealkylation sites (tertiary alicyclic amines) is 1. The Hall–Kier alpha value is -3.94. The summed E-state index contributed by atoms with van der Waals surface area (Å²) in [6.07, 6.45) is 8.73. The molecule has 0 saturated carbocycles. The van der Waals surface area contributed by atoms with Crippen LogP contribution in [0.15, 0.2) is 67.3 Å². The number of hydrogen-bond donors (Lipinski definition) is 2. The van der Waals surface area contributed by atoms with Crippen molar-refractivity contribution in [2.24, 2.45) is 0 Å². The van der Waals surface area contributed by atoms with Crippen molar-refractivity contribution in [2.45, 2.75) is 25.3 Å². The number of benzene rings is 1. The number of nitrogens with zero attached hydrogens (tertiary/aromatic N) is 4. The SMILES string of the molecule is O=C(NCc1cn[nH]c1)c1cnn2ccc(C3CCN(C(=O)c4ccccc4)CC3)cc12. The van der Waals surface area contributed by atoms with Crippen molar-refractivity contribution in [2.75, 3.05) is 13.1 Å². The maximum absolute atomic E-state index is 12.7. The molecular weight excluding hydrogens is 404 g/mol. The highest BCUT2D eigenvalue weighted by molar-refractivity contribution is 6.00. The first kappa shape index (κ1) is 20.0. The van der Waals surface area contributed by atoms with Crippen LogP contribution in [0.2, 0.25) is 0 Å². The van der Waals surface area contributed by atoms with Crippen LogP contribution >= 0.6 is 0 Å². The summed E-state index contributed by atoms with van der Waals surface area (Å²) in [7, 11) is 0. The second kappa shape index (κ2) is 8.66. The van der Waals surface area contributed by atoms with E-state index in [2.05, 4.69) is 32.7 Å². The van der Waals surface area contributed by atoms with Crippen LogP contribution in [-0.2, 0) is 6.54 Å². The number of carbonyl (C=O) groups is 2. The molecule has 0 unspecified atom stereocenters. The first-order valence-electron chi connectivity index (χ1n) is 10.8. The molecule has 1 aliphatic heterocycles. The van der Waals surface area contributed by atoms with E-state index in [1.807, 2.05) is 41.4 Å². The van der Waals surface area contributed by atoms with Crippen LogP contribution in [-0.4, -0.2) is 49.6 Å².